The molecule has 0 aliphatic heterocycles. The summed E-state index contributed by atoms with van der Waals surface area (Å²) in [4.78, 5) is 5.37. The fraction of sp³-hybridized carbons (Fsp3) is 0.182. The summed E-state index contributed by atoms with van der Waals surface area (Å²) in [5.41, 5.74) is 7.76. The van der Waals surface area contributed by atoms with Crippen LogP contribution in [0.5, 0.6) is 0 Å². The average molecular weight is 239 g/mol. The Morgan fingerprint density at radius 1 is 1.40 bits per heavy atom. The molecule has 0 saturated heterocycles. The van der Waals surface area contributed by atoms with E-state index >= 15 is 0 Å². The van der Waals surface area contributed by atoms with Crippen molar-refractivity contribution in [2.75, 3.05) is 5.73 Å². The normalized spacial score (nSPS) is 10.5. The molecule has 2 nitrogen and oxygen atoms in total. The smallest absolute Gasteiger partial charge is 0.180 e. The summed E-state index contributed by atoms with van der Waals surface area (Å²) in [5.74, 6) is 0. The third-order valence-corrected chi connectivity index (χ3v) is 3.57. The number of hydrogen-bond acceptors (Lipinski definition) is 3. The first kappa shape index (κ1) is 10.5. The first-order valence-corrected chi connectivity index (χ1v) is 5.81. The number of nitrogens with two attached hydrogens (primary N) is 1. The van der Waals surface area contributed by atoms with Crippen LogP contribution in [0.25, 0.3) is 0 Å². The van der Waals surface area contributed by atoms with Gasteiger partial charge in [0.15, 0.2) is 5.13 Å². The number of nitrogens with zero attached hydrogens (tertiary/aromatic N) is 1. The van der Waals surface area contributed by atoms with E-state index in [0.29, 0.717) is 5.13 Å². The molecule has 0 amide bonds. The van der Waals surface area contributed by atoms with Crippen molar-refractivity contribution in [3.05, 3.63) is 45.4 Å². The Balaban J connectivity index is 2.29. The Bertz CT molecular complexity index is 479. The summed E-state index contributed by atoms with van der Waals surface area (Å²) >= 11 is 7.61. The van der Waals surface area contributed by atoms with E-state index < -0.39 is 0 Å². The van der Waals surface area contributed by atoms with Crippen molar-refractivity contribution in [3.63, 3.8) is 0 Å². The Morgan fingerprint density at radius 2 is 2.13 bits per heavy atom. The number of aromatic nitrogens is 1. The maximum absolute atomic E-state index is 6.09. The third kappa shape index (κ3) is 2.30. The molecule has 2 aromatic rings. The maximum atomic E-state index is 6.09. The standard InChI is InChI=1S/C11H11ClN2S/c1-7-10(15-11(13)14-7)6-8-4-2-3-5-9(8)12/h2-5H,6H2,1H3,(H2,13,14). The summed E-state index contributed by atoms with van der Waals surface area (Å²) in [7, 11) is 0. The van der Waals surface area contributed by atoms with Gasteiger partial charge in [0.1, 0.15) is 0 Å². The van der Waals surface area contributed by atoms with Crippen molar-refractivity contribution < 1.29 is 0 Å². The quantitative estimate of drug-likeness (QED) is 0.872. The van der Waals surface area contributed by atoms with Crippen LogP contribution in [0.15, 0.2) is 24.3 Å². The minimum absolute atomic E-state index is 0.620. The second-order valence-corrected chi connectivity index (χ2v) is 4.85. The maximum Gasteiger partial charge on any atom is 0.180 e. The molecule has 0 aliphatic rings. The van der Waals surface area contributed by atoms with Crippen LogP contribution in [0.1, 0.15) is 16.1 Å². The molecule has 1 aromatic carbocycles. The number of anilines is 1. The highest BCUT2D eigenvalue weighted by Gasteiger charge is 2.07. The fourth-order valence-electron chi connectivity index (χ4n) is 1.43. The molecule has 1 heterocycles. The Morgan fingerprint density at radius 3 is 2.73 bits per heavy atom. The number of nitrogen functional groups attached to an aromatic ring is 1. The molecule has 15 heavy (non-hydrogen) atoms. The van der Waals surface area contributed by atoms with Gasteiger partial charge in [0, 0.05) is 16.3 Å². The summed E-state index contributed by atoms with van der Waals surface area (Å²) in [6, 6.07) is 7.84. The molecule has 0 bridgehead atoms. The number of aryl methyl sites for hydroxylation is 1. The Labute approximate surface area is 97.7 Å². The molecule has 0 radical (unpaired) electrons. The van der Waals surface area contributed by atoms with Gasteiger partial charge in [-0.25, -0.2) is 4.98 Å². The van der Waals surface area contributed by atoms with E-state index in [1.54, 1.807) is 0 Å². The highest BCUT2D eigenvalue weighted by molar-refractivity contribution is 7.15. The van der Waals surface area contributed by atoms with Gasteiger partial charge >= 0.3 is 0 Å². The Hall–Kier alpha value is -1.06. The molecule has 0 atom stereocenters. The summed E-state index contributed by atoms with van der Waals surface area (Å²) in [6.07, 6.45) is 0.806. The minimum Gasteiger partial charge on any atom is -0.375 e. The zero-order valence-corrected chi connectivity index (χ0v) is 9.90. The third-order valence-electron chi connectivity index (χ3n) is 2.22. The molecule has 2 N–H and O–H groups in total. The monoisotopic (exact) mass is 238 g/mol. The van der Waals surface area contributed by atoms with Crippen LogP contribution in [0.4, 0.5) is 5.13 Å². The van der Waals surface area contributed by atoms with Gasteiger partial charge in [-0.05, 0) is 18.6 Å². The number of halogens is 1. The van der Waals surface area contributed by atoms with E-state index in [-0.39, 0.29) is 0 Å². The molecule has 0 spiro atoms. The predicted molar refractivity (Wildman–Crippen MR) is 65.5 cm³/mol. The molecule has 78 valence electrons. The van der Waals surface area contributed by atoms with Gasteiger partial charge < -0.3 is 5.73 Å². The Kier molecular flexibility index (Phi) is 2.93. The van der Waals surface area contributed by atoms with E-state index in [2.05, 4.69) is 4.98 Å². The van der Waals surface area contributed by atoms with Gasteiger partial charge in [-0.15, -0.1) is 11.3 Å². The fourth-order valence-corrected chi connectivity index (χ4v) is 2.49. The van der Waals surface area contributed by atoms with Gasteiger partial charge in [-0.2, -0.15) is 0 Å². The van der Waals surface area contributed by atoms with E-state index in [1.165, 1.54) is 16.2 Å². The molecular weight excluding hydrogens is 228 g/mol. The first-order chi connectivity index (χ1) is 7.16. The second-order valence-electron chi connectivity index (χ2n) is 3.33. The lowest BCUT2D eigenvalue weighted by atomic mass is 10.1. The molecule has 0 unspecified atom stereocenters. The van der Waals surface area contributed by atoms with Gasteiger partial charge in [0.05, 0.1) is 5.69 Å². The zero-order chi connectivity index (χ0) is 10.8. The van der Waals surface area contributed by atoms with Crippen LogP contribution in [0.2, 0.25) is 5.02 Å². The first-order valence-electron chi connectivity index (χ1n) is 4.62. The summed E-state index contributed by atoms with van der Waals surface area (Å²) in [5, 5.41) is 1.42. The lowest BCUT2D eigenvalue weighted by Crippen LogP contribution is -1.88. The minimum atomic E-state index is 0.620. The van der Waals surface area contributed by atoms with Crippen LogP contribution in [-0.2, 0) is 6.42 Å². The zero-order valence-electron chi connectivity index (χ0n) is 8.33. The number of benzene rings is 1. The van der Waals surface area contributed by atoms with E-state index in [4.69, 9.17) is 17.3 Å². The van der Waals surface area contributed by atoms with Crippen molar-refractivity contribution in [2.24, 2.45) is 0 Å². The summed E-state index contributed by atoms with van der Waals surface area (Å²) in [6.45, 7) is 1.97. The van der Waals surface area contributed by atoms with Crippen molar-refractivity contribution in [1.29, 1.82) is 0 Å². The van der Waals surface area contributed by atoms with Gasteiger partial charge in [0.25, 0.3) is 0 Å². The molecule has 2 rings (SSSR count). The predicted octanol–water partition coefficient (Wildman–Crippen LogP) is 3.28. The molecule has 0 aliphatic carbocycles. The lowest BCUT2D eigenvalue weighted by Gasteiger charge is -2.01. The van der Waals surface area contributed by atoms with Crippen molar-refractivity contribution in [3.8, 4) is 0 Å². The number of hydrogen-bond donors (Lipinski definition) is 1. The van der Waals surface area contributed by atoms with Crippen molar-refractivity contribution in [2.45, 2.75) is 13.3 Å². The van der Waals surface area contributed by atoms with Crippen LogP contribution in [0.3, 0.4) is 0 Å². The van der Waals surface area contributed by atoms with Crippen molar-refractivity contribution in [1.82, 2.24) is 4.98 Å². The highest BCUT2D eigenvalue weighted by atomic mass is 35.5. The van der Waals surface area contributed by atoms with Crippen molar-refractivity contribution >= 4 is 28.1 Å². The summed E-state index contributed by atoms with van der Waals surface area (Å²) < 4.78 is 0. The van der Waals surface area contributed by atoms with Crippen LogP contribution < -0.4 is 5.73 Å². The van der Waals surface area contributed by atoms with E-state index in [9.17, 15) is 0 Å². The van der Waals surface area contributed by atoms with Gasteiger partial charge in [-0.1, -0.05) is 29.8 Å². The highest BCUT2D eigenvalue weighted by Crippen LogP contribution is 2.25. The molecule has 1 aromatic heterocycles. The molecule has 0 fully saturated rings. The largest absolute Gasteiger partial charge is 0.375 e. The van der Waals surface area contributed by atoms with E-state index in [0.717, 1.165) is 22.7 Å². The molecule has 4 heteroatoms. The van der Waals surface area contributed by atoms with Crippen LogP contribution >= 0.6 is 22.9 Å². The van der Waals surface area contributed by atoms with Crippen LogP contribution in [0, 0.1) is 6.92 Å². The SMILES string of the molecule is Cc1nc(N)sc1Cc1ccccc1Cl. The van der Waals surface area contributed by atoms with Gasteiger partial charge in [0.2, 0.25) is 0 Å². The van der Waals surface area contributed by atoms with Gasteiger partial charge in [-0.3, -0.25) is 0 Å². The van der Waals surface area contributed by atoms with E-state index in [1.807, 2.05) is 31.2 Å². The lowest BCUT2D eigenvalue weighted by molar-refractivity contribution is 1.15. The topological polar surface area (TPSA) is 38.9 Å². The number of thiazole rings is 1. The molecular formula is C11H11ClN2S. The average Bonchev–Trinajstić information content (AvgIpc) is 2.49. The molecule has 0 saturated carbocycles. The second kappa shape index (κ2) is 4.21. The van der Waals surface area contributed by atoms with Crippen LogP contribution in [-0.4, -0.2) is 4.98 Å². The number of rotatable bonds is 2.